The molecule has 128 valence electrons. The van der Waals surface area contributed by atoms with E-state index in [2.05, 4.69) is 20.3 Å². The molecule has 0 aliphatic heterocycles. The highest BCUT2D eigenvalue weighted by Gasteiger charge is 2.22. The van der Waals surface area contributed by atoms with Gasteiger partial charge in [0.1, 0.15) is 11.3 Å². The van der Waals surface area contributed by atoms with Crippen LogP contribution in [0.5, 0.6) is 5.75 Å². The third kappa shape index (κ3) is 3.05. The second-order valence-corrected chi connectivity index (χ2v) is 6.16. The minimum Gasteiger partial charge on any atom is -0.505 e. The van der Waals surface area contributed by atoms with Crippen LogP contribution < -0.4 is 5.32 Å². The third-order valence-corrected chi connectivity index (χ3v) is 4.44. The van der Waals surface area contributed by atoms with Crippen LogP contribution in [0.1, 0.15) is 17.2 Å². The van der Waals surface area contributed by atoms with Crippen molar-refractivity contribution in [3.05, 3.63) is 89.3 Å². The normalized spacial score (nSPS) is 12.0. The summed E-state index contributed by atoms with van der Waals surface area (Å²) >= 11 is 6.46. The van der Waals surface area contributed by atoms with Crippen LogP contribution in [0.15, 0.2) is 73.2 Å². The van der Waals surface area contributed by atoms with Crippen LogP contribution in [-0.2, 0) is 0 Å². The van der Waals surface area contributed by atoms with E-state index in [1.807, 2.05) is 36.4 Å². The van der Waals surface area contributed by atoms with Gasteiger partial charge < -0.3 is 10.4 Å². The Hall–Kier alpha value is -3.18. The molecule has 2 N–H and O–H groups in total. The van der Waals surface area contributed by atoms with Crippen molar-refractivity contribution in [3.63, 3.8) is 0 Å². The number of phenols is 1. The van der Waals surface area contributed by atoms with Crippen LogP contribution in [-0.4, -0.2) is 20.1 Å². The molecule has 2 aromatic carbocycles. The third-order valence-electron chi connectivity index (χ3n) is 4.13. The van der Waals surface area contributed by atoms with Gasteiger partial charge in [-0.3, -0.25) is 4.98 Å². The fraction of sp³-hybridized carbons (Fsp3) is 0.0500. The van der Waals surface area contributed by atoms with Crippen LogP contribution in [0.25, 0.3) is 10.9 Å². The van der Waals surface area contributed by atoms with Crippen molar-refractivity contribution in [3.8, 4) is 5.75 Å². The van der Waals surface area contributed by atoms with Gasteiger partial charge in [-0.1, -0.05) is 41.9 Å². The largest absolute Gasteiger partial charge is 0.505 e. The molecule has 0 fully saturated rings. The summed E-state index contributed by atoms with van der Waals surface area (Å²) in [6, 6.07) is 16.5. The zero-order chi connectivity index (χ0) is 17.9. The first-order valence-corrected chi connectivity index (χ1v) is 8.46. The Labute approximate surface area is 155 Å². The number of aromatic nitrogens is 3. The average molecular weight is 363 g/mol. The molecule has 4 rings (SSSR count). The Morgan fingerprint density at radius 1 is 0.885 bits per heavy atom. The van der Waals surface area contributed by atoms with Gasteiger partial charge in [-0.2, -0.15) is 0 Å². The summed E-state index contributed by atoms with van der Waals surface area (Å²) in [4.78, 5) is 12.8. The fourth-order valence-electron chi connectivity index (χ4n) is 2.91. The maximum absolute atomic E-state index is 10.9. The van der Waals surface area contributed by atoms with Gasteiger partial charge >= 0.3 is 0 Å². The Morgan fingerprint density at radius 3 is 2.38 bits per heavy atom. The number of halogens is 1. The molecule has 0 aliphatic rings. The van der Waals surface area contributed by atoms with Crippen LogP contribution >= 0.6 is 11.6 Å². The molecule has 0 spiro atoms. The number of fused-ring (bicyclic) bond motifs is 1. The van der Waals surface area contributed by atoms with E-state index in [0.29, 0.717) is 27.4 Å². The number of hydrogen-bond acceptors (Lipinski definition) is 5. The highest BCUT2D eigenvalue weighted by molar-refractivity contribution is 6.35. The maximum Gasteiger partial charge on any atom is 0.223 e. The molecule has 0 radical (unpaired) electrons. The van der Waals surface area contributed by atoms with Crippen molar-refractivity contribution in [2.45, 2.75) is 6.04 Å². The topological polar surface area (TPSA) is 70.9 Å². The molecule has 0 amide bonds. The molecular formula is C20H15ClN4O. The van der Waals surface area contributed by atoms with Crippen molar-refractivity contribution >= 4 is 28.5 Å². The van der Waals surface area contributed by atoms with E-state index in [4.69, 9.17) is 11.6 Å². The molecule has 0 bridgehead atoms. The van der Waals surface area contributed by atoms with Crippen LogP contribution in [0.4, 0.5) is 5.95 Å². The van der Waals surface area contributed by atoms with E-state index in [9.17, 15) is 5.11 Å². The van der Waals surface area contributed by atoms with Gasteiger partial charge in [0.15, 0.2) is 0 Å². The summed E-state index contributed by atoms with van der Waals surface area (Å²) in [6.07, 6.45) is 4.95. The summed E-state index contributed by atoms with van der Waals surface area (Å²) in [5.41, 5.74) is 2.02. The molecule has 1 atom stereocenters. The molecule has 4 aromatic rings. The molecule has 1 unspecified atom stereocenters. The summed E-state index contributed by atoms with van der Waals surface area (Å²) < 4.78 is 0. The highest BCUT2D eigenvalue weighted by atomic mass is 35.5. The van der Waals surface area contributed by atoms with Crippen molar-refractivity contribution in [1.82, 2.24) is 15.0 Å². The predicted molar refractivity (Wildman–Crippen MR) is 102 cm³/mol. The number of phenolic OH excluding ortho intramolecular Hbond substituents is 1. The number of nitrogens with zero attached hydrogens (tertiary/aromatic N) is 3. The lowest BCUT2D eigenvalue weighted by atomic mass is 9.96. The first-order valence-electron chi connectivity index (χ1n) is 8.08. The Morgan fingerprint density at radius 2 is 1.62 bits per heavy atom. The quantitative estimate of drug-likeness (QED) is 0.555. The average Bonchev–Trinajstić information content (AvgIpc) is 2.71. The lowest BCUT2D eigenvalue weighted by Crippen LogP contribution is -2.14. The second kappa shape index (κ2) is 6.98. The van der Waals surface area contributed by atoms with Gasteiger partial charge in [-0.15, -0.1) is 0 Å². The summed E-state index contributed by atoms with van der Waals surface area (Å²) in [5.74, 6) is 0.542. The van der Waals surface area contributed by atoms with Crippen molar-refractivity contribution < 1.29 is 5.11 Å². The molecule has 0 aliphatic carbocycles. The number of hydrogen-bond donors (Lipinski definition) is 2. The Bertz CT molecular complexity index is 1040. The molecule has 0 saturated heterocycles. The van der Waals surface area contributed by atoms with Crippen LogP contribution in [0, 0.1) is 0 Å². The molecule has 0 saturated carbocycles. The number of nitrogens with one attached hydrogen (secondary N) is 1. The zero-order valence-corrected chi connectivity index (χ0v) is 14.4. The van der Waals surface area contributed by atoms with Gasteiger partial charge in [0.2, 0.25) is 5.95 Å². The standard InChI is InChI=1S/C20H15ClN4O/c21-16-12-15(19(26)18-14(16)8-4-9-22-18)17(13-6-2-1-3-7-13)25-20-23-10-5-11-24-20/h1-12,17,26H,(H,23,24,25). The number of anilines is 1. The first kappa shape index (κ1) is 16.3. The van der Waals surface area contributed by atoms with E-state index < -0.39 is 0 Å². The summed E-state index contributed by atoms with van der Waals surface area (Å²) in [5, 5.41) is 15.4. The first-order chi connectivity index (χ1) is 12.7. The Balaban J connectivity index is 1.89. The lowest BCUT2D eigenvalue weighted by Gasteiger charge is -2.21. The molecular weight excluding hydrogens is 348 g/mol. The van der Waals surface area contributed by atoms with E-state index in [1.54, 1.807) is 36.8 Å². The smallest absolute Gasteiger partial charge is 0.223 e. The predicted octanol–water partition coefficient (Wildman–Crippen LogP) is 4.59. The van der Waals surface area contributed by atoms with Crippen LogP contribution in [0.3, 0.4) is 0 Å². The number of rotatable bonds is 4. The molecule has 2 aromatic heterocycles. The van der Waals surface area contributed by atoms with Crippen molar-refractivity contribution in [2.75, 3.05) is 5.32 Å². The fourth-order valence-corrected chi connectivity index (χ4v) is 3.19. The number of pyridine rings is 1. The maximum atomic E-state index is 10.9. The van der Waals surface area contributed by atoms with Gasteiger partial charge in [0, 0.05) is 29.5 Å². The van der Waals surface area contributed by atoms with Gasteiger partial charge in [-0.25, -0.2) is 9.97 Å². The SMILES string of the molecule is Oc1c(C(Nc2ncccn2)c2ccccc2)cc(Cl)c2cccnc12. The van der Waals surface area contributed by atoms with Gasteiger partial charge in [-0.05, 0) is 29.8 Å². The molecule has 6 heteroatoms. The van der Waals surface area contributed by atoms with Gasteiger partial charge in [0.05, 0.1) is 11.1 Å². The monoisotopic (exact) mass is 362 g/mol. The highest BCUT2D eigenvalue weighted by Crippen LogP contribution is 2.39. The minimum atomic E-state index is -0.387. The Kier molecular flexibility index (Phi) is 4.37. The molecule has 2 heterocycles. The number of aromatic hydroxyl groups is 1. The summed E-state index contributed by atoms with van der Waals surface area (Å²) in [7, 11) is 0. The van der Waals surface area contributed by atoms with E-state index >= 15 is 0 Å². The van der Waals surface area contributed by atoms with Crippen molar-refractivity contribution in [2.24, 2.45) is 0 Å². The minimum absolute atomic E-state index is 0.0854. The van der Waals surface area contributed by atoms with Crippen LogP contribution in [0.2, 0.25) is 5.02 Å². The molecule has 26 heavy (non-hydrogen) atoms. The van der Waals surface area contributed by atoms with E-state index in [-0.39, 0.29) is 11.8 Å². The van der Waals surface area contributed by atoms with Gasteiger partial charge in [0.25, 0.3) is 0 Å². The molecule has 5 nitrogen and oxygen atoms in total. The van der Waals surface area contributed by atoms with Crippen molar-refractivity contribution in [1.29, 1.82) is 0 Å². The number of benzene rings is 2. The van der Waals surface area contributed by atoms with E-state index in [1.165, 1.54) is 0 Å². The lowest BCUT2D eigenvalue weighted by molar-refractivity contribution is 0.471. The van der Waals surface area contributed by atoms with E-state index in [0.717, 1.165) is 5.56 Å². The second-order valence-electron chi connectivity index (χ2n) is 5.76. The summed E-state index contributed by atoms with van der Waals surface area (Å²) in [6.45, 7) is 0. The zero-order valence-electron chi connectivity index (χ0n) is 13.7.